The SMILES string of the molecule is CCc1cc(CC(=O)CC2(N)CCCC2)n(C)n1. The zero-order valence-electron chi connectivity index (χ0n) is 11.4. The van der Waals surface area contributed by atoms with Gasteiger partial charge in [-0.3, -0.25) is 9.48 Å². The maximum Gasteiger partial charge on any atom is 0.140 e. The van der Waals surface area contributed by atoms with Gasteiger partial charge in [-0.2, -0.15) is 5.10 Å². The lowest BCUT2D eigenvalue weighted by Gasteiger charge is -2.22. The van der Waals surface area contributed by atoms with Crippen LogP contribution in [0.3, 0.4) is 0 Å². The van der Waals surface area contributed by atoms with Crippen molar-refractivity contribution in [2.45, 2.75) is 57.4 Å². The van der Waals surface area contributed by atoms with Crippen molar-refractivity contribution in [3.63, 3.8) is 0 Å². The molecule has 0 radical (unpaired) electrons. The summed E-state index contributed by atoms with van der Waals surface area (Å²) in [6.45, 7) is 2.07. The number of rotatable bonds is 5. The second-order valence-corrected chi connectivity index (χ2v) is 5.57. The summed E-state index contributed by atoms with van der Waals surface area (Å²) in [5.74, 6) is 0.241. The number of hydrogen-bond donors (Lipinski definition) is 1. The Hall–Kier alpha value is -1.16. The maximum absolute atomic E-state index is 12.1. The third kappa shape index (κ3) is 2.99. The average molecular weight is 249 g/mol. The van der Waals surface area contributed by atoms with Crippen molar-refractivity contribution in [2.24, 2.45) is 12.8 Å². The molecule has 1 aliphatic rings. The van der Waals surface area contributed by atoms with Gasteiger partial charge in [0.2, 0.25) is 0 Å². The highest BCUT2D eigenvalue weighted by atomic mass is 16.1. The van der Waals surface area contributed by atoms with Crippen molar-refractivity contribution >= 4 is 5.78 Å². The molecule has 0 bridgehead atoms. The van der Waals surface area contributed by atoms with Crippen LogP contribution in [0.4, 0.5) is 0 Å². The molecule has 0 unspecified atom stereocenters. The fourth-order valence-corrected chi connectivity index (χ4v) is 2.82. The Morgan fingerprint density at radius 2 is 2.17 bits per heavy atom. The van der Waals surface area contributed by atoms with Crippen LogP contribution in [0.25, 0.3) is 0 Å². The molecule has 0 aromatic carbocycles. The highest BCUT2D eigenvalue weighted by Crippen LogP contribution is 2.30. The lowest BCUT2D eigenvalue weighted by Crippen LogP contribution is -2.39. The van der Waals surface area contributed by atoms with E-state index in [2.05, 4.69) is 12.0 Å². The van der Waals surface area contributed by atoms with E-state index < -0.39 is 0 Å². The molecule has 1 fully saturated rings. The van der Waals surface area contributed by atoms with E-state index in [1.54, 1.807) is 0 Å². The first-order valence-corrected chi connectivity index (χ1v) is 6.85. The molecule has 0 aliphatic heterocycles. The minimum absolute atomic E-state index is 0.233. The number of Topliss-reactive ketones (excluding diaryl/α,β-unsaturated/α-hetero) is 1. The topological polar surface area (TPSA) is 60.9 Å². The van der Waals surface area contributed by atoms with Gasteiger partial charge >= 0.3 is 0 Å². The van der Waals surface area contributed by atoms with Gasteiger partial charge in [-0.25, -0.2) is 0 Å². The molecule has 1 aromatic rings. The molecule has 4 nitrogen and oxygen atoms in total. The molecule has 100 valence electrons. The Morgan fingerprint density at radius 3 is 2.72 bits per heavy atom. The van der Waals surface area contributed by atoms with Crippen LogP contribution >= 0.6 is 0 Å². The van der Waals surface area contributed by atoms with Crippen LogP contribution in [0.15, 0.2) is 6.07 Å². The van der Waals surface area contributed by atoms with Gasteiger partial charge in [-0.05, 0) is 25.3 Å². The van der Waals surface area contributed by atoms with Crippen molar-refractivity contribution in [2.75, 3.05) is 0 Å². The molecule has 1 saturated carbocycles. The Bertz CT molecular complexity index is 430. The normalized spacial score (nSPS) is 18.2. The monoisotopic (exact) mass is 249 g/mol. The summed E-state index contributed by atoms with van der Waals surface area (Å²) in [5, 5.41) is 4.36. The van der Waals surface area contributed by atoms with Crippen molar-refractivity contribution in [3.05, 3.63) is 17.5 Å². The second kappa shape index (κ2) is 5.22. The van der Waals surface area contributed by atoms with E-state index in [-0.39, 0.29) is 11.3 Å². The highest BCUT2D eigenvalue weighted by Gasteiger charge is 2.31. The van der Waals surface area contributed by atoms with Crippen molar-refractivity contribution in [1.82, 2.24) is 9.78 Å². The predicted octanol–water partition coefficient (Wildman–Crippen LogP) is 1.76. The Balaban J connectivity index is 1.96. The van der Waals surface area contributed by atoms with Gasteiger partial charge in [0.05, 0.1) is 5.69 Å². The van der Waals surface area contributed by atoms with Gasteiger partial charge in [0.1, 0.15) is 5.78 Å². The number of carbonyl (C=O) groups is 1. The molecule has 0 spiro atoms. The quantitative estimate of drug-likeness (QED) is 0.865. The molecule has 1 heterocycles. The lowest BCUT2D eigenvalue weighted by molar-refractivity contribution is -0.119. The minimum Gasteiger partial charge on any atom is -0.325 e. The van der Waals surface area contributed by atoms with Gasteiger partial charge in [-0.15, -0.1) is 0 Å². The number of aromatic nitrogens is 2. The first-order valence-electron chi connectivity index (χ1n) is 6.85. The standard InChI is InChI=1S/C14H23N3O/c1-3-11-8-12(17(2)16-11)9-13(18)10-14(15)6-4-5-7-14/h8H,3-7,9-10,15H2,1-2H3. The third-order valence-corrected chi connectivity index (χ3v) is 3.92. The maximum atomic E-state index is 12.1. The summed E-state index contributed by atoms with van der Waals surface area (Å²) in [7, 11) is 1.90. The van der Waals surface area contributed by atoms with Gasteiger partial charge in [0.25, 0.3) is 0 Å². The van der Waals surface area contributed by atoms with E-state index in [0.29, 0.717) is 12.8 Å². The molecular weight excluding hydrogens is 226 g/mol. The van der Waals surface area contributed by atoms with Crippen molar-refractivity contribution in [1.29, 1.82) is 0 Å². The van der Waals surface area contributed by atoms with Crippen LogP contribution in [-0.4, -0.2) is 21.1 Å². The Morgan fingerprint density at radius 1 is 1.50 bits per heavy atom. The summed E-state index contributed by atoms with van der Waals surface area (Å²) in [6, 6.07) is 2.02. The fraction of sp³-hybridized carbons (Fsp3) is 0.714. The molecule has 0 amide bonds. The predicted molar refractivity (Wildman–Crippen MR) is 71.3 cm³/mol. The first-order chi connectivity index (χ1) is 8.52. The number of carbonyl (C=O) groups excluding carboxylic acids is 1. The van der Waals surface area contributed by atoms with E-state index >= 15 is 0 Å². The molecule has 1 aliphatic carbocycles. The summed E-state index contributed by atoms with van der Waals surface area (Å²) < 4.78 is 1.81. The van der Waals surface area contributed by atoms with E-state index in [1.807, 2.05) is 17.8 Å². The van der Waals surface area contributed by atoms with E-state index in [0.717, 1.165) is 43.5 Å². The van der Waals surface area contributed by atoms with Crippen molar-refractivity contribution < 1.29 is 4.79 Å². The highest BCUT2D eigenvalue weighted by molar-refractivity contribution is 5.81. The van der Waals surface area contributed by atoms with Crippen LogP contribution in [0.5, 0.6) is 0 Å². The summed E-state index contributed by atoms with van der Waals surface area (Å²) in [4.78, 5) is 12.1. The van der Waals surface area contributed by atoms with E-state index in [9.17, 15) is 4.79 Å². The molecule has 2 N–H and O–H groups in total. The van der Waals surface area contributed by atoms with Gasteiger partial charge in [-0.1, -0.05) is 19.8 Å². The Kier molecular flexibility index (Phi) is 3.85. The van der Waals surface area contributed by atoms with Gasteiger partial charge in [0, 0.05) is 31.1 Å². The second-order valence-electron chi connectivity index (χ2n) is 5.57. The number of nitrogens with two attached hydrogens (primary N) is 1. The molecule has 0 saturated heterocycles. The largest absolute Gasteiger partial charge is 0.325 e. The molecule has 18 heavy (non-hydrogen) atoms. The molecule has 4 heteroatoms. The summed E-state index contributed by atoms with van der Waals surface area (Å²) >= 11 is 0. The van der Waals surface area contributed by atoms with Crippen molar-refractivity contribution in [3.8, 4) is 0 Å². The smallest absolute Gasteiger partial charge is 0.140 e. The molecular formula is C14H23N3O. The molecule has 1 aromatic heterocycles. The number of ketones is 1. The lowest BCUT2D eigenvalue weighted by atomic mass is 9.91. The number of aryl methyl sites for hydroxylation is 2. The third-order valence-electron chi connectivity index (χ3n) is 3.92. The summed E-state index contributed by atoms with van der Waals surface area (Å²) in [6.07, 6.45) is 6.19. The number of nitrogens with zero attached hydrogens (tertiary/aromatic N) is 2. The fourth-order valence-electron chi connectivity index (χ4n) is 2.82. The van der Waals surface area contributed by atoms with E-state index in [4.69, 9.17) is 5.73 Å². The van der Waals surface area contributed by atoms with Gasteiger partial charge in [0.15, 0.2) is 0 Å². The minimum atomic E-state index is -0.233. The first kappa shape index (κ1) is 13.3. The molecule has 0 atom stereocenters. The van der Waals surface area contributed by atoms with Crippen LogP contribution in [0, 0.1) is 0 Å². The van der Waals surface area contributed by atoms with Gasteiger partial charge < -0.3 is 5.73 Å². The zero-order chi connectivity index (χ0) is 13.2. The summed E-state index contributed by atoms with van der Waals surface area (Å²) in [5.41, 5.74) is 8.05. The van der Waals surface area contributed by atoms with Crippen LogP contribution in [0.1, 0.15) is 50.4 Å². The van der Waals surface area contributed by atoms with Crippen LogP contribution < -0.4 is 5.73 Å². The number of hydrogen-bond acceptors (Lipinski definition) is 3. The van der Waals surface area contributed by atoms with Crippen LogP contribution in [0.2, 0.25) is 0 Å². The zero-order valence-corrected chi connectivity index (χ0v) is 11.4. The average Bonchev–Trinajstić information content (AvgIpc) is 2.86. The molecule has 2 rings (SSSR count). The van der Waals surface area contributed by atoms with Crippen LogP contribution in [-0.2, 0) is 24.7 Å². The Labute approximate surface area is 109 Å². The van der Waals surface area contributed by atoms with E-state index in [1.165, 1.54) is 0 Å².